The lowest BCUT2D eigenvalue weighted by Gasteiger charge is -2.07. The highest BCUT2D eigenvalue weighted by Crippen LogP contribution is 2.26. The second kappa shape index (κ2) is 6.37. The zero-order valence-electron chi connectivity index (χ0n) is 11.4. The molecule has 0 spiro atoms. The van der Waals surface area contributed by atoms with E-state index >= 15 is 0 Å². The Labute approximate surface area is 127 Å². The molecule has 0 saturated heterocycles. The molecule has 0 atom stereocenters. The molecule has 0 fully saturated rings. The molecule has 3 heteroatoms. The van der Waals surface area contributed by atoms with Crippen LogP contribution in [0.4, 0.5) is 0 Å². The molecule has 0 saturated carbocycles. The van der Waals surface area contributed by atoms with Crippen LogP contribution in [0, 0.1) is 0 Å². The van der Waals surface area contributed by atoms with Crippen molar-refractivity contribution in [1.29, 1.82) is 0 Å². The summed E-state index contributed by atoms with van der Waals surface area (Å²) >= 11 is 1.46. The number of thiophene rings is 1. The SMILES string of the molecule is O=Cc1cc(-c2ccc(OCc3ccccc3)cc2)cs1. The maximum absolute atomic E-state index is 10.7. The summed E-state index contributed by atoms with van der Waals surface area (Å²) in [6.07, 6.45) is 0.880. The Kier molecular flexibility index (Phi) is 4.12. The fourth-order valence-corrected chi connectivity index (χ4v) is 2.77. The van der Waals surface area contributed by atoms with Gasteiger partial charge in [0.25, 0.3) is 0 Å². The third-order valence-corrected chi connectivity index (χ3v) is 4.03. The molecule has 2 nitrogen and oxygen atoms in total. The lowest BCUT2D eigenvalue weighted by atomic mass is 10.1. The number of carbonyl (C=O) groups is 1. The molecule has 3 aromatic rings. The van der Waals surface area contributed by atoms with Gasteiger partial charge in [-0.25, -0.2) is 0 Å². The first-order valence-electron chi connectivity index (χ1n) is 6.66. The lowest BCUT2D eigenvalue weighted by Crippen LogP contribution is -1.94. The second-order valence-corrected chi connectivity index (χ2v) is 5.60. The third-order valence-electron chi connectivity index (χ3n) is 3.17. The average Bonchev–Trinajstić information content (AvgIpc) is 3.03. The molecule has 0 aliphatic rings. The van der Waals surface area contributed by atoms with E-state index in [9.17, 15) is 4.79 Å². The van der Waals surface area contributed by atoms with E-state index in [4.69, 9.17) is 4.74 Å². The molecule has 104 valence electrons. The number of hydrogen-bond donors (Lipinski definition) is 0. The van der Waals surface area contributed by atoms with Gasteiger partial charge in [0.05, 0.1) is 4.88 Å². The first-order chi connectivity index (χ1) is 10.3. The van der Waals surface area contributed by atoms with Crippen LogP contribution in [0.3, 0.4) is 0 Å². The molecule has 21 heavy (non-hydrogen) atoms. The standard InChI is InChI=1S/C18H14O2S/c19-11-18-10-16(13-21-18)15-6-8-17(9-7-15)20-12-14-4-2-1-3-5-14/h1-11,13H,12H2. The van der Waals surface area contributed by atoms with Gasteiger partial charge in [-0.15, -0.1) is 11.3 Å². The Bertz CT molecular complexity index is 714. The van der Waals surface area contributed by atoms with E-state index in [0.29, 0.717) is 6.61 Å². The van der Waals surface area contributed by atoms with E-state index in [-0.39, 0.29) is 0 Å². The molecule has 1 aromatic heterocycles. The summed E-state index contributed by atoms with van der Waals surface area (Å²) in [7, 11) is 0. The molecule has 0 aliphatic carbocycles. The van der Waals surface area contributed by atoms with Crippen molar-refractivity contribution in [3.05, 3.63) is 76.5 Å². The second-order valence-electron chi connectivity index (χ2n) is 4.65. The van der Waals surface area contributed by atoms with Crippen LogP contribution in [-0.4, -0.2) is 6.29 Å². The van der Waals surface area contributed by atoms with Crippen molar-refractivity contribution < 1.29 is 9.53 Å². The first-order valence-corrected chi connectivity index (χ1v) is 7.54. The number of aldehydes is 1. The minimum absolute atomic E-state index is 0.563. The van der Waals surface area contributed by atoms with Gasteiger partial charge in [-0.2, -0.15) is 0 Å². The highest BCUT2D eigenvalue weighted by Gasteiger charge is 2.02. The van der Waals surface area contributed by atoms with Crippen molar-refractivity contribution in [3.8, 4) is 16.9 Å². The van der Waals surface area contributed by atoms with Crippen LogP contribution in [-0.2, 0) is 6.61 Å². The molecule has 0 radical (unpaired) electrons. The Hall–Kier alpha value is -2.39. The Balaban J connectivity index is 1.68. The van der Waals surface area contributed by atoms with Gasteiger partial charge in [-0.1, -0.05) is 42.5 Å². The van der Waals surface area contributed by atoms with Crippen LogP contribution in [0.1, 0.15) is 15.2 Å². The van der Waals surface area contributed by atoms with Crippen LogP contribution < -0.4 is 4.74 Å². The molecule has 1 heterocycles. The monoisotopic (exact) mass is 294 g/mol. The smallest absolute Gasteiger partial charge is 0.160 e. The van der Waals surface area contributed by atoms with E-state index in [2.05, 4.69) is 0 Å². The minimum Gasteiger partial charge on any atom is -0.489 e. The number of rotatable bonds is 5. The normalized spacial score (nSPS) is 10.3. The largest absolute Gasteiger partial charge is 0.489 e. The van der Waals surface area contributed by atoms with E-state index in [1.807, 2.05) is 66.0 Å². The van der Waals surface area contributed by atoms with Crippen molar-refractivity contribution in [2.45, 2.75) is 6.61 Å². The topological polar surface area (TPSA) is 26.3 Å². The maximum Gasteiger partial charge on any atom is 0.160 e. The summed E-state index contributed by atoms with van der Waals surface area (Å²) in [5.41, 5.74) is 3.30. The summed E-state index contributed by atoms with van der Waals surface area (Å²) in [6, 6.07) is 19.9. The minimum atomic E-state index is 0.563. The van der Waals surface area contributed by atoms with Crippen LogP contribution in [0.25, 0.3) is 11.1 Å². The van der Waals surface area contributed by atoms with E-state index in [1.165, 1.54) is 11.3 Å². The molecule has 3 rings (SSSR count). The summed E-state index contributed by atoms with van der Waals surface area (Å²) in [5.74, 6) is 0.841. The predicted molar refractivity (Wildman–Crippen MR) is 85.9 cm³/mol. The average molecular weight is 294 g/mol. The van der Waals surface area contributed by atoms with Gasteiger partial charge in [0.2, 0.25) is 0 Å². The van der Waals surface area contributed by atoms with Gasteiger partial charge in [0.15, 0.2) is 6.29 Å². The van der Waals surface area contributed by atoms with Crippen molar-refractivity contribution in [2.75, 3.05) is 0 Å². The molecular weight excluding hydrogens is 280 g/mol. The highest BCUT2D eigenvalue weighted by atomic mass is 32.1. The van der Waals surface area contributed by atoms with Crippen LogP contribution >= 0.6 is 11.3 Å². The van der Waals surface area contributed by atoms with Gasteiger partial charge >= 0.3 is 0 Å². The highest BCUT2D eigenvalue weighted by molar-refractivity contribution is 7.12. The molecule has 0 amide bonds. The van der Waals surface area contributed by atoms with Crippen molar-refractivity contribution in [1.82, 2.24) is 0 Å². The summed E-state index contributed by atoms with van der Waals surface area (Å²) < 4.78 is 5.76. The summed E-state index contributed by atoms with van der Waals surface area (Å²) in [6.45, 7) is 0.563. The third kappa shape index (κ3) is 3.38. The molecule has 2 aromatic carbocycles. The summed E-state index contributed by atoms with van der Waals surface area (Å²) in [5, 5.41) is 1.99. The van der Waals surface area contributed by atoms with E-state index in [0.717, 1.165) is 33.6 Å². The Morgan fingerprint density at radius 1 is 0.952 bits per heavy atom. The van der Waals surface area contributed by atoms with Crippen LogP contribution in [0.2, 0.25) is 0 Å². The lowest BCUT2D eigenvalue weighted by molar-refractivity contribution is 0.112. The Morgan fingerprint density at radius 2 is 1.71 bits per heavy atom. The van der Waals surface area contributed by atoms with Gasteiger partial charge in [0.1, 0.15) is 12.4 Å². The number of hydrogen-bond acceptors (Lipinski definition) is 3. The molecular formula is C18H14O2S. The molecule has 0 bridgehead atoms. The van der Waals surface area contributed by atoms with Gasteiger partial charge in [-0.3, -0.25) is 4.79 Å². The fraction of sp³-hybridized carbons (Fsp3) is 0.0556. The summed E-state index contributed by atoms with van der Waals surface area (Å²) in [4.78, 5) is 11.5. The van der Waals surface area contributed by atoms with Crippen molar-refractivity contribution in [3.63, 3.8) is 0 Å². The number of benzene rings is 2. The molecule has 0 aliphatic heterocycles. The van der Waals surface area contributed by atoms with Crippen LogP contribution in [0.15, 0.2) is 66.0 Å². The van der Waals surface area contributed by atoms with E-state index in [1.54, 1.807) is 0 Å². The zero-order chi connectivity index (χ0) is 14.5. The maximum atomic E-state index is 10.7. The van der Waals surface area contributed by atoms with Crippen LogP contribution in [0.5, 0.6) is 5.75 Å². The van der Waals surface area contributed by atoms with Crippen molar-refractivity contribution in [2.24, 2.45) is 0 Å². The number of carbonyl (C=O) groups excluding carboxylic acids is 1. The van der Waals surface area contributed by atoms with E-state index < -0.39 is 0 Å². The number of ether oxygens (including phenoxy) is 1. The molecule has 0 N–H and O–H groups in total. The van der Waals surface area contributed by atoms with Gasteiger partial charge < -0.3 is 4.74 Å². The fourth-order valence-electron chi connectivity index (χ4n) is 2.05. The predicted octanol–water partition coefficient (Wildman–Crippen LogP) is 4.81. The van der Waals surface area contributed by atoms with Crippen molar-refractivity contribution >= 4 is 17.6 Å². The first kappa shape index (κ1) is 13.6. The van der Waals surface area contributed by atoms with Gasteiger partial charge in [0, 0.05) is 0 Å². The molecule has 0 unspecified atom stereocenters. The zero-order valence-corrected chi connectivity index (χ0v) is 12.2. The Morgan fingerprint density at radius 3 is 2.38 bits per heavy atom. The quantitative estimate of drug-likeness (QED) is 0.631. The van der Waals surface area contributed by atoms with Gasteiger partial charge in [-0.05, 0) is 40.3 Å².